The highest BCUT2D eigenvalue weighted by Crippen LogP contribution is 2.71. The fourth-order valence-electron chi connectivity index (χ4n) is 2.72. The Morgan fingerprint density at radius 3 is 2.41 bits per heavy atom. The van der Waals surface area contributed by atoms with Crippen molar-refractivity contribution < 1.29 is 4.74 Å². The van der Waals surface area contributed by atoms with Gasteiger partial charge in [-0.2, -0.15) is 0 Å². The van der Waals surface area contributed by atoms with Crippen LogP contribution in [0.1, 0.15) is 30.7 Å². The minimum Gasteiger partial charge on any atom is -0.496 e. The van der Waals surface area contributed by atoms with Gasteiger partial charge >= 0.3 is 0 Å². The molecule has 0 heterocycles. The van der Waals surface area contributed by atoms with Crippen LogP contribution in [-0.2, 0) is 0 Å². The Bertz CT molecular complexity index is 686. The average molecular weight is 356 g/mol. The van der Waals surface area contributed by atoms with Crippen LogP contribution in [0.3, 0.4) is 0 Å². The number of nitrogens with two attached hydrogens (primary N) is 1. The lowest BCUT2D eigenvalue weighted by atomic mass is 9.80. The summed E-state index contributed by atoms with van der Waals surface area (Å²) < 4.78 is 5.50. The van der Waals surface area contributed by atoms with Crippen LogP contribution >= 0.6 is 29.8 Å². The summed E-state index contributed by atoms with van der Waals surface area (Å²) >= 11 is 0. The third-order valence-electron chi connectivity index (χ3n) is 4.20. The Morgan fingerprint density at radius 1 is 1.09 bits per heavy atom. The second kappa shape index (κ2) is 6.23. The number of rotatable bonds is 4. The van der Waals surface area contributed by atoms with Crippen LogP contribution in [-0.4, -0.2) is 7.11 Å². The van der Waals surface area contributed by atoms with Gasteiger partial charge in [0.05, 0.1) is 7.11 Å². The third kappa shape index (κ3) is 2.90. The first-order valence-electron chi connectivity index (χ1n) is 7.28. The highest BCUT2D eigenvalue weighted by atomic mass is 36.0. The molecule has 5 heteroatoms. The average Bonchev–Trinajstić information content (AvgIpc) is 2.45. The van der Waals surface area contributed by atoms with Crippen LogP contribution in [0.25, 0.3) is 0 Å². The lowest BCUT2D eigenvalue weighted by molar-refractivity contribution is 0.373. The SMILES string of the molecule is COc1ccc(S(Cl)(Cl)c2cccc(N)c2)cc1C1CCC1. The zero-order valence-electron chi connectivity index (χ0n) is 12.4. The second-order valence-corrected chi connectivity index (χ2v) is 10.7. The van der Waals surface area contributed by atoms with Crippen molar-refractivity contribution in [2.24, 2.45) is 0 Å². The fraction of sp³-hybridized carbons (Fsp3) is 0.294. The number of hydrogen-bond acceptors (Lipinski definition) is 2. The number of halogens is 2. The Labute approximate surface area is 141 Å². The van der Waals surface area contributed by atoms with E-state index in [9.17, 15) is 0 Å². The van der Waals surface area contributed by atoms with E-state index in [1.807, 2.05) is 36.4 Å². The molecule has 0 atom stereocenters. The van der Waals surface area contributed by atoms with Crippen molar-refractivity contribution in [3.8, 4) is 5.75 Å². The summed E-state index contributed by atoms with van der Waals surface area (Å²) in [5.41, 5.74) is 7.75. The van der Waals surface area contributed by atoms with E-state index in [2.05, 4.69) is 6.07 Å². The molecule has 0 unspecified atom stereocenters. The highest BCUT2D eigenvalue weighted by molar-refractivity contribution is 8.66. The van der Waals surface area contributed by atoms with E-state index in [1.54, 1.807) is 7.11 Å². The summed E-state index contributed by atoms with van der Waals surface area (Å²) in [5, 5.41) is 0. The van der Waals surface area contributed by atoms with E-state index < -0.39 is 8.46 Å². The van der Waals surface area contributed by atoms with Gasteiger partial charge in [0.1, 0.15) is 5.75 Å². The molecule has 1 saturated carbocycles. The van der Waals surface area contributed by atoms with Gasteiger partial charge in [0, 0.05) is 15.5 Å². The molecule has 3 rings (SSSR count). The first-order chi connectivity index (χ1) is 10.5. The van der Waals surface area contributed by atoms with Gasteiger partial charge in [-0.05, 0) is 90.5 Å². The lowest BCUT2D eigenvalue weighted by Crippen LogP contribution is -2.10. The van der Waals surface area contributed by atoms with Crippen molar-refractivity contribution in [3.05, 3.63) is 48.0 Å². The van der Waals surface area contributed by atoms with E-state index in [-0.39, 0.29) is 0 Å². The highest BCUT2D eigenvalue weighted by Gasteiger charge is 2.28. The summed E-state index contributed by atoms with van der Waals surface area (Å²) in [6, 6.07) is 13.5. The quantitative estimate of drug-likeness (QED) is 0.674. The molecule has 2 nitrogen and oxygen atoms in total. The van der Waals surface area contributed by atoms with Gasteiger partial charge < -0.3 is 10.5 Å². The van der Waals surface area contributed by atoms with E-state index in [0.29, 0.717) is 11.6 Å². The summed E-state index contributed by atoms with van der Waals surface area (Å²) in [5.74, 6) is 1.48. The van der Waals surface area contributed by atoms with Crippen LogP contribution in [0.4, 0.5) is 5.69 Å². The van der Waals surface area contributed by atoms with Gasteiger partial charge in [0.25, 0.3) is 0 Å². The molecule has 22 heavy (non-hydrogen) atoms. The maximum absolute atomic E-state index is 6.74. The van der Waals surface area contributed by atoms with E-state index in [0.717, 1.165) is 15.5 Å². The smallest absolute Gasteiger partial charge is 0.122 e. The van der Waals surface area contributed by atoms with Crippen molar-refractivity contribution in [1.82, 2.24) is 0 Å². The number of methoxy groups -OCH3 is 1. The molecular weight excluding hydrogens is 337 g/mol. The summed E-state index contributed by atoms with van der Waals surface area (Å²) in [6.45, 7) is 0. The Morgan fingerprint density at radius 2 is 1.82 bits per heavy atom. The monoisotopic (exact) mass is 355 g/mol. The minimum absolute atomic E-state index is 0.555. The largest absolute Gasteiger partial charge is 0.496 e. The molecule has 0 bridgehead atoms. The standard InChI is InChI=1S/C17H19Cl2NOS/c1-21-17-9-8-15(11-16(17)12-4-2-5-12)22(18,19)14-7-3-6-13(20)10-14/h3,6-12H,2,4-5,20H2,1H3. The minimum atomic E-state index is -2.12. The molecule has 118 valence electrons. The first-order valence-corrected chi connectivity index (χ1v) is 10.6. The van der Waals surface area contributed by atoms with Gasteiger partial charge in [0.2, 0.25) is 0 Å². The normalized spacial score (nSPS) is 16.1. The molecule has 0 amide bonds. The topological polar surface area (TPSA) is 35.2 Å². The van der Waals surface area contributed by atoms with Gasteiger partial charge in [-0.25, -0.2) is 0 Å². The third-order valence-corrected chi connectivity index (χ3v) is 8.03. The van der Waals surface area contributed by atoms with Gasteiger partial charge in [0.15, 0.2) is 0 Å². The molecule has 2 N–H and O–H groups in total. The molecular formula is C17H19Cl2NOS. The molecule has 0 radical (unpaired) electrons. The zero-order valence-corrected chi connectivity index (χ0v) is 14.7. The Kier molecular flexibility index (Phi) is 4.49. The summed E-state index contributed by atoms with van der Waals surface area (Å²) in [4.78, 5) is 1.80. The van der Waals surface area contributed by atoms with Crippen molar-refractivity contribution >= 4 is 35.5 Å². The van der Waals surface area contributed by atoms with Crippen molar-refractivity contribution in [1.29, 1.82) is 0 Å². The number of nitrogen functional groups attached to an aromatic ring is 1. The molecule has 1 aliphatic carbocycles. The van der Waals surface area contributed by atoms with E-state index in [1.165, 1.54) is 24.8 Å². The van der Waals surface area contributed by atoms with Crippen LogP contribution in [0.2, 0.25) is 0 Å². The summed E-state index contributed by atoms with van der Waals surface area (Å²) in [7, 11) is 13.1. The number of anilines is 1. The number of benzene rings is 2. The maximum atomic E-state index is 6.74. The van der Waals surface area contributed by atoms with Crippen LogP contribution in [0.5, 0.6) is 5.75 Å². The van der Waals surface area contributed by atoms with Crippen molar-refractivity contribution in [2.75, 3.05) is 12.8 Å². The van der Waals surface area contributed by atoms with E-state index >= 15 is 0 Å². The summed E-state index contributed by atoms with van der Waals surface area (Å²) in [6.07, 6.45) is 3.67. The van der Waals surface area contributed by atoms with Crippen LogP contribution in [0.15, 0.2) is 52.3 Å². The van der Waals surface area contributed by atoms with Crippen molar-refractivity contribution in [3.63, 3.8) is 0 Å². The molecule has 1 fully saturated rings. The molecule has 0 spiro atoms. The number of ether oxygens (including phenoxy) is 1. The molecule has 0 saturated heterocycles. The Hall–Kier alpha value is -1.03. The lowest BCUT2D eigenvalue weighted by Gasteiger charge is -2.31. The predicted octanol–water partition coefficient (Wildman–Crippen LogP) is 6.08. The number of hydrogen-bond donors (Lipinski definition) is 1. The molecule has 2 aromatic rings. The molecule has 2 aromatic carbocycles. The molecule has 0 aliphatic heterocycles. The van der Waals surface area contributed by atoms with Crippen molar-refractivity contribution in [2.45, 2.75) is 35.0 Å². The van der Waals surface area contributed by atoms with E-state index in [4.69, 9.17) is 31.8 Å². The predicted molar refractivity (Wildman–Crippen MR) is 96.3 cm³/mol. The van der Waals surface area contributed by atoms with Gasteiger partial charge in [-0.15, -0.1) is 0 Å². The molecule has 0 aromatic heterocycles. The maximum Gasteiger partial charge on any atom is 0.122 e. The van der Waals surface area contributed by atoms with Gasteiger partial charge in [-0.3, -0.25) is 0 Å². The van der Waals surface area contributed by atoms with Gasteiger partial charge in [-0.1, -0.05) is 12.5 Å². The van der Waals surface area contributed by atoms with Crippen LogP contribution in [0, 0.1) is 0 Å². The second-order valence-electron chi connectivity index (χ2n) is 5.57. The zero-order chi connectivity index (χ0) is 15.7. The Balaban J connectivity index is 2.03. The van der Waals surface area contributed by atoms with Crippen LogP contribution < -0.4 is 10.5 Å². The fourth-order valence-corrected chi connectivity index (χ4v) is 5.19. The first kappa shape index (κ1) is 15.9. The molecule has 1 aliphatic rings.